The van der Waals surface area contributed by atoms with Crippen LogP contribution < -0.4 is 0 Å². The minimum atomic E-state index is 0.865. The second-order valence-electron chi connectivity index (χ2n) is 4.83. The van der Waals surface area contributed by atoms with Crippen molar-refractivity contribution < 1.29 is 9.59 Å². The van der Waals surface area contributed by atoms with E-state index in [1.165, 1.54) is 12.8 Å². The van der Waals surface area contributed by atoms with Gasteiger partial charge in [0, 0.05) is 0 Å². The van der Waals surface area contributed by atoms with E-state index in [1.807, 2.05) is 13.0 Å². The van der Waals surface area contributed by atoms with E-state index in [1.54, 1.807) is 0 Å². The summed E-state index contributed by atoms with van der Waals surface area (Å²) in [7, 11) is 0. The van der Waals surface area contributed by atoms with Crippen molar-refractivity contribution in [3.63, 3.8) is 0 Å². The second-order valence-corrected chi connectivity index (χ2v) is 4.83. The highest BCUT2D eigenvalue weighted by atomic mass is 16.1. The van der Waals surface area contributed by atoms with Gasteiger partial charge in [-0.2, -0.15) is 0 Å². The van der Waals surface area contributed by atoms with E-state index in [2.05, 4.69) is 26.8 Å². The lowest BCUT2D eigenvalue weighted by Gasteiger charge is -1.95. The Balaban J connectivity index is 0. The number of allylic oxidation sites excluding steroid dienone is 4. The molecule has 0 aromatic heterocycles. The third-order valence-electron chi connectivity index (χ3n) is 2.91. The highest BCUT2D eigenvalue weighted by Crippen LogP contribution is 2.05. The van der Waals surface area contributed by atoms with Crippen molar-refractivity contribution in [1.29, 1.82) is 0 Å². The molecule has 0 unspecified atom stereocenters. The summed E-state index contributed by atoms with van der Waals surface area (Å²) in [5.74, 6) is 0. The van der Waals surface area contributed by atoms with Crippen LogP contribution in [0.3, 0.4) is 0 Å². The van der Waals surface area contributed by atoms with Gasteiger partial charge in [-0.3, -0.25) is 9.59 Å². The van der Waals surface area contributed by atoms with Crippen LogP contribution in [0, 0.1) is 0 Å². The van der Waals surface area contributed by atoms with Gasteiger partial charge in [0.25, 0.3) is 0 Å². The number of carbonyl (C=O) groups excluding carboxylic acids is 2. The Labute approximate surface area is 125 Å². The predicted molar refractivity (Wildman–Crippen MR) is 87.9 cm³/mol. The molecule has 116 valence electrons. The van der Waals surface area contributed by atoms with Crippen molar-refractivity contribution in [3.8, 4) is 0 Å². The van der Waals surface area contributed by atoms with Crippen LogP contribution in [-0.4, -0.2) is 12.6 Å². The number of hydrogen-bond acceptors (Lipinski definition) is 2. The predicted octanol–water partition coefficient (Wildman–Crippen LogP) is 5.42. The molecule has 0 atom stereocenters. The molecule has 0 saturated carbocycles. The summed E-state index contributed by atoms with van der Waals surface area (Å²) in [5, 5.41) is 0. The van der Waals surface area contributed by atoms with Crippen LogP contribution in [0.25, 0.3) is 0 Å². The van der Waals surface area contributed by atoms with Crippen molar-refractivity contribution >= 4 is 12.6 Å². The van der Waals surface area contributed by atoms with Crippen LogP contribution in [0.2, 0.25) is 0 Å². The first-order valence-electron chi connectivity index (χ1n) is 7.98. The first kappa shape index (κ1) is 21.1. The Kier molecular flexibility index (Phi) is 18.8. The van der Waals surface area contributed by atoms with Gasteiger partial charge in [0.2, 0.25) is 0 Å². The molecule has 20 heavy (non-hydrogen) atoms. The molecule has 0 aromatic carbocycles. The van der Waals surface area contributed by atoms with Crippen molar-refractivity contribution in [1.82, 2.24) is 0 Å². The van der Waals surface area contributed by atoms with Gasteiger partial charge in [-0.05, 0) is 36.8 Å². The van der Waals surface area contributed by atoms with Gasteiger partial charge < -0.3 is 0 Å². The fourth-order valence-corrected chi connectivity index (χ4v) is 1.59. The maximum atomic E-state index is 10.4. The van der Waals surface area contributed by atoms with E-state index in [0.717, 1.165) is 62.2 Å². The maximum Gasteiger partial charge on any atom is 0.145 e. The van der Waals surface area contributed by atoms with Gasteiger partial charge in [-0.15, -0.1) is 0 Å². The summed E-state index contributed by atoms with van der Waals surface area (Å²) in [6.45, 7) is 8.36. The van der Waals surface area contributed by atoms with Crippen LogP contribution in [0.1, 0.15) is 79.1 Å². The number of hydrogen-bond donors (Lipinski definition) is 0. The Morgan fingerprint density at radius 1 is 0.750 bits per heavy atom. The molecule has 0 aliphatic rings. The zero-order valence-corrected chi connectivity index (χ0v) is 13.8. The molecule has 0 aliphatic carbocycles. The number of rotatable bonds is 10. The zero-order chi connectivity index (χ0) is 15.6. The summed E-state index contributed by atoms with van der Waals surface area (Å²) in [4.78, 5) is 20.6. The molecule has 0 amide bonds. The van der Waals surface area contributed by atoms with Crippen LogP contribution >= 0.6 is 0 Å². The van der Waals surface area contributed by atoms with Gasteiger partial charge in [0.15, 0.2) is 0 Å². The Hall–Kier alpha value is -1.18. The third kappa shape index (κ3) is 14.9. The highest BCUT2D eigenvalue weighted by molar-refractivity contribution is 5.73. The SMILES string of the molecule is CCCC=C(C=O)CC.CCCCC=C(C=O)CCC. The van der Waals surface area contributed by atoms with Crippen LogP contribution in [0.4, 0.5) is 0 Å². The molecule has 0 radical (unpaired) electrons. The molecule has 0 rings (SSSR count). The summed E-state index contributed by atoms with van der Waals surface area (Å²) >= 11 is 0. The first-order valence-corrected chi connectivity index (χ1v) is 7.98. The standard InChI is InChI=1S/C10H18O.C8H14O/c1-3-5-6-8-10(9-11)7-4-2;1-3-5-6-8(4-2)7-9/h8-9H,3-7H2,1-2H3;6-7H,3-5H2,1-2H3. The van der Waals surface area contributed by atoms with Crippen molar-refractivity contribution in [2.75, 3.05) is 0 Å². The molecule has 0 fully saturated rings. The lowest BCUT2D eigenvalue weighted by molar-refractivity contribution is -0.105. The molecule has 2 heteroatoms. The Morgan fingerprint density at radius 2 is 1.35 bits per heavy atom. The molecule has 0 bridgehead atoms. The lowest BCUT2D eigenvalue weighted by atomic mass is 10.1. The average Bonchev–Trinajstić information content (AvgIpc) is 2.48. The fraction of sp³-hybridized carbons (Fsp3) is 0.667. The normalized spacial score (nSPS) is 11.6. The highest BCUT2D eigenvalue weighted by Gasteiger charge is 1.91. The topological polar surface area (TPSA) is 34.1 Å². The minimum absolute atomic E-state index is 0.865. The average molecular weight is 280 g/mol. The van der Waals surface area contributed by atoms with Gasteiger partial charge in [0.05, 0.1) is 0 Å². The first-order chi connectivity index (χ1) is 9.69. The minimum Gasteiger partial charge on any atom is -0.298 e. The number of unbranched alkanes of at least 4 members (excludes halogenated alkanes) is 3. The molecule has 0 N–H and O–H groups in total. The van der Waals surface area contributed by atoms with E-state index in [9.17, 15) is 9.59 Å². The largest absolute Gasteiger partial charge is 0.298 e. The molecule has 0 spiro atoms. The Morgan fingerprint density at radius 3 is 1.75 bits per heavy atom. The molecule has 0 saturated heterocycles. The summed E-state index contributed by atoms with van der Waals surface area (Å²) in [6.07, 6.45) is 14.5. The van der Waals surface area contributed by atoms with Crippen LogP contribution in [0.5, 0.6) is 0 Å². The molecular weight excluding hydrogens is 248 g/mol. The van der Waals surface area contributed by atoms with Crippen LogP contribution in [-0.2, 0) is 9.59 Å². The number of carbonyl (C=O) groups is 2. The zero-order valence-electron chi connectivity index (χ0n) is 13.8. The molecular formula is C18H32O2. The van der Waals surface area contributed by atoms with E-state index >= 15 is 0 Å². The second kappa shape index (κ2) is 17.8. The summed E-state index contributed by atoms with van der Waals surface area (Å²) in [5.41, 5.74) is 1.90. The van der Waals surface area contributed by atoms with E-state index in [-0.39, 0.29) is 0 Å². The van der Waals surface area contributed by atoms with Crippen molar-refractivity contribution in [2.45, 2.75) is 79.1 Å². The molecule has 2 nitrogen and oxygen atoms in total. The lowest BCUT2D eigenvalue weighted by Crippen LogP contribution is -1.83. The van der Waals surface area contributed by atoms with Gasteiger partial charge >= 0.3 is 0 Å². The monoisotopic (exact) mass is 280 g/mol. The molecule has 0 heterocycles. The van der Waals surface area contributed by atoms with Crippen molar-refractivity contribution in [2.24, 2.45) is 0 Å². The van der Waals surface area contributed by atoms with Crippen molar-refractivity contribution in [3.05, 3.63) is 23.3 Å². The van der Waals surface area contributed by atoms with E-state index < -0.39 is 0 Å². The van der Waals surface area contributed by atoms with Crippen LogP contribution in [0.15, 0.2) is 23.3 Å². The summed E-state index contributed by atoms with van der Waals surface area (Å²) in [6, 6.07) is 0. The molecule has 0 aliphatic heterocycles. The molecule has 0 aromatic rings. The fourth-order valence-electron chi connectivity index (χ4n) is 1.59. The Bertz CT molecular complexity index is 288. The quantitative estimate of drug-likeness (QED) is 0.304. The smallest absolute Gasteiger partial charge is 0.145 e. The maximum absolute atomic E-state index is 10.4. The van der Waals surface area contributed by atoms with Gasteiger partial charge in [-0.25, -0.2) is 0 Å². The number of aldehydes is 2. The summed E-state index contributed by atoms with van der Waals surface area (Å²) < 4.78 is 0. The van der Waals surface area contributed by atoms with Gasteiger partial charge in [-0.1, -0.05) is 65.5 Å². The van der Waals surface area contributed by atoms with E-state index in [0.29, 0.717) is 0 Å². The third-order valence-corrected chi connectivity index (χ3v) is 2.91. The van der Waals surface area contributed by atoms with Gasteiger partial charge in [0.1, 0.15) is 12.6 Å². The van der Waals surface area contributed by atoms with E-state index in [4.69, 9.17) is 0 Å².